The van der Waals surface area contributed by atoms with Crippen LogP contribution in [-0.4, -0.2) is 32.1 Å². The molecule has 3 aromatic rings. The van der Waals surface area contributed by atoms with E-state index in [1.807, 2.05) is 12.1 Å². The highest BCUT2D eigenvalue weighted by Crippen LogP contribution is 2.24. The second kappa shape index (κ2) is 9.33. The molecule has 3 rings (SSSR count). The molecule has 2 heterocycles. The van der Waals surface area contributed by atoms with E-state index in [2.05, 4.69) is 26.7 Å². The van der Waals surface area contributed by atoms with Crippen molar-refractivity contribution in [2.45, 2.75) is 31.5 Å². The molecule has 0 saturated carbocycles. The van der Waals surface area contributed by atoms with E-state index in [1.165, 1.54) is 12.1 Å². The highest BCUT2D eigenvalue weighted by molar-refractivity contribution is 7.99. The fourth-order valence-corrected chi connectivity index (χ4v) is 3.36. The van der Waals surface area contributed by atoms with Gasteiger partial charge in [-0.05, 0) is 49.2 Å². The molecule has 2 aromatic heterocycles. The summed E-state index contributed by atoms with van der Waals surface area (Å²) in [4.78, 5) is 4.06. The molecule has 0 fully saturated rings. The van der Waals surface area contributed by atoms with Gasteiger partial charge in [0.25, 0.3) is 0 Å². The fourth-order valence-electron chi connectivity index (χ4n) is 2.48. The van der Waals surface area contributed by atoms with Gasteiger partial charge in [-0.25, -0.2) is 4.39 Å². The Morgan fingerprint density at radius 2 is 1.85 bits per heavy atom. The molecule has 0 spiro atoms. The zero-order valence-electron chi connectivity index (χ0n) is 14.6. The van der Waals surface area contributed by atoms with Crippen LogP contribution in [-0.2, 0) is 6.54 Å². The van der Waals surface area contributed by atoms with Crippen LogP contribution < -0.4 is 4.74 Å². The van der Waals surface area contributed by atoms with Crippen molar-refractivity contribution in [1.82, 2.24) is 19.7 Å². The van der Waals surface area contributed by atoms with Gasteiger partial charge in [0, 0.05) is 30.3 Å². The summed E-state index contributed by atoms with van der Waals surface area (Å²) in [6.45, 7) is 3.60. The molecule has 0 atom stereocenters. The van der Waals surface area contributed by atoms with E-state index >= 15 is 0 Å². The first kappa shape index (κ1) is 18.4. The van der Waals surface area contributed by atoms with Gasteiger partial charge in [0.2, 0.25) is 0 Å². The monoisotopic (exact) mass is 372 g/mol. The highest BCUT2D eigenvalue weighted by atomic mass is 32.2. The van der Waals surface area contributed by atoms with Gasteiger partial charge >= 0.3 is 0 Å². The van der Waals surface area contributed by atoms with Gasteiger partial charge in [0.15, 0.2) is 11.0 Å². The van der Waals surface area contributed by atoms with Crippen LogP contribution in [0, 0.1) is 5.82 Å². The number of ether oxygens (including phenoxy) is 1. The maximum Gasteiger partial charge on any atom is 0.191 e. The Bertz CT molecular complexity index is 808. The van der Waals surface area contributed by atoms with Gasteiger partial charge in [-0.3, -0.25) is 4.98 Å². The van der Waals surface area contributed by atoms with Gasteiger partial charge in [-0.15, -0.1) is 10.2 Å². The Labute approximate surface area is 156 Å². The molecule has 0 radical (unpaired) electrons. The maximum atomic E-state index is 12.9. The molecular formula is C19H21FN4OS. The van der Waals surface area contributed by atoms with E-state index < -0.39 is 0 Å². The van der Waals surface area contributed by atoms with Crippen LogP contribution in [0.1, 0.15) is 19.8 Å². The Kier molecular flexibility index (Phi) is 6.60. The van der Waals surface area contributed by atoms with Crippen molar-refractivity contribution in [3.05, 3.63) is 54.6 Å². The lowest BCUT2D eigenvalue weighted by atomic mass is 10.2. The summed E-state index contributed by atoms with van der Waals surface area (Å²) < 4.78 is 20.6. The number of pyridine rings is 1. The Morgan fingerprint density at radius 3 is 2.58 bits per heavy atom. The van der Waals surface area contributed by atoms with E-state index in [-0.39, 0.29) is 5.82 Å². The maximum absolute atomic E-state index is 12.9. The molecule has 5 nitrogen and oxygen atoms in total. The summed E-state index contributed by atoms with van der Waals surface area (Å²) in [7, 11) is 0. The molecule has 0 aliphatic carbocycles. The van der Waals surface area contributed by atoms with Crippen molar-refractivity contribution in [3.8, 4) is 17.1 Å². The van der Waals surface area contributed by atoms with Crippen molar-refractivity contribution in [1.29, 1.82) is 0 Å². The van der Waals surface area contributed by atoms with Crippen LogP contribution in [0.3, 0.4) is 0 Å². The Balaban J connectivity index is 1.54. The zero-order chi connectivity index (χ0) is 18.2. The van der Waals surface area contributed by atoms with Crippen LogP contribution in [0.2, 0.25) is 0 Å². The number of hydrogen-bond acceptors (Lipinski definition) is 5. The van der Waals surface area contributed by atoms with Crippen LogP contribution >= 0.6 is 11.8 Å². The topological polar surface area (TPSA) is 52.8 Å². The van der Waals surface area contributed by atoms with Crippen molar-refractivity contribution in [3.63, 3.8) is 0 Å². The number of benzene rings is 1. The van der Waals surface area contributed by atoms with Crippen LogP contribution in [0.15, 0.2) is 53.9 Å². The second-order valence-electron chi connectivity index (χ2n) is 5.70. The standard InChI is InChI=1S/C19H21FN4OS/c1-2-12-24-18(15-8-10-21-11-9-15)22-23-19(24)26-14-3-13-25-17-6-4-16(20)5-7-17/h4-11H,2-3,12-14H2,1H3. The van der Waals surface area contributed by atoms with Crippen LogP contribution in [0.4, 0.5) is 4.39 Å². The van der Waals surface area contributed by atoms with E-state index in [4.69, 9.17) is 4.74 Å². The van der Waals surface area contributed by atoms with Gasteiger partial charge in [-0.2, -0.15) is 0 Å². The first-order chi connectivity index (χ1) is 12.8. The minimum Gasteiger partial charge on any atom is -0.494 e. The predicted molar refractivity (Wildman–Crippen MR) is 101 cm³/mol. The summed E-state index contributed by atoms with van der Waals surface area (Å²) in [5.74, 6) is 2.18. The lowest BCUT2D eigenvalue weighted by Gasteiger charge is -2.09. The van der Waals surface area contributed by atoms with Gasteiger partial charge in [-0.1, -0.05) is 18.7 Å². The largest absolute Gasteiger partial charge is 0.494 e. The summed E-state index contributed by atoms with van der Waals surface area (Å²) >= 11 is 1.67. The number of aromatic nitrogens is 4. The average Bonchev–Trinajstić information content (AvgIpc) is 3.07. The number of nitrogens with zero attached hydrogens (tertiary/aromatic N) is 4. The molecule has 0 aliphatic rings. The van der Waals surface area contributed by atoms with Crippen molar-refractivity contribution in [2.24, 2.45) is 0 Å². The van der Waals surface area contributed by atoms with Crippen molar-refractivity contribution >= 4 is 11.8 Å². The molecule has 0 bridgehead atoms. The lowest BCUT2D eigenvalue weighted by molar-refractivity contribution is 0.318. The molecule has 0 aliphatic heterocycles. The van der Waals surface area contributed by atoms with Crippen molar-refractivity contribution < 1.29 is 9.13 Å². The van der Waals surface area contributed by atoms with E-state index in [1.54, 1.807) is 36.3 Å². The quantitative estimate of drug-likeness (QED) is 0.410. The van der Waals surface area contributed by atoms with Crippen molar-refractivity contribution in [2.75, 3.05) is 12.4 Å². The summed E-state index contributed by atoms with van der Waals surface area (Å²) in [6.07, 6.45) is 5.41. The second-order valence-corrected chi connectivity index (χ2v) is 6.76. The third-order valence-electron chi connectivity index (χ3n) is 3.70. The zero-order valence-corrected chi connectivity index (χ0v) is 15.5. The first-order valence-electron chi connectivity index (χ1n) is 8.62. The third-order valence-corrected chi connectivity index (χ3v) is 4.76. The van der Waals surface area contributed by atoms with Gasteiger partial charge in [0.1, 0.15) is 11.6 Å². The number of thioether (sulfide) groups is 1. The minimum atomic E-state index is -0.256. The summed E-state index contributed by atoms with van der Waals surface area (Å²) in [5, 5.41) is 9.62. The SMILES string of the molecule is CCCn1c(SCCCOc2ccc(F)cc2)nnc1-c1ccncc1. The van der Waals surface area contributed by atoms with E-state index in [0.29, 0.717) is 12.4 Å². The molecule has 1 aromatic carbocycles. The Morgan fingerprint density at radius 1 is 1.08 bits per heavy atom. The minimum absolute atomic E-state index is 0.256. The molecular weight excluding hydrogens is 351 g/mol. The fraction of sp³-hybridized carbons (Fsp3) is 0.316. The number of halogens is 1. The summed E-state index contributed by atoms with van der Waals surface area (Å²) in [5.41, 5.74) is 1.02. The van der Waals surface area contributed by atoms with Crippen LogP contribution in [0.5, 0.6) is 5.75 Å². The molecule has 26 heavy (non-hydrogen) atoms. The normalized spacial score (nSPS) is 10.8. The Hall–Kier alpha value is -2.41. The number of hydrogen-bond donors (Lipinski definition) is 0. The smallest absolute Gasteiger partial charge is 0.191 e. The van der Waals surface area contributed by atoms with E-state index in [9.17, 15) is 4.39 Å². The molecule has 7 heteroatoms. The summed E-state index contributed by atoms with van der Waals surface area (Å²) in [6, 6.07) is 9.97. The van der Waals surface area contributed by atoms with Crippen LogP contribution in [0.25, 0.3) is 11.4 Å². The molecule has 0 unspecified atom stereocenters. The molecule has 136 valence electrons. The first-order valence-corrected chi connectivity index (χ1v) is 9.61. The third kappa shape index (κ3) is 4.82. The predicted octanol–water partition coefficient (Wildman–Crippen LogP) is 4.45. The number of rotatable bonds is 9. The van der Waals surface area contributed by atoms with Gasteiger partial charge < -0.3 is 9.30 Å². The van der Waals surface area contributed by atoms with Gasteiger partial charge in [0.05, 0.1) is 6.61 Å². The molecule has 0 saturated heterocycles. The highest BCUT2D eigenvalue weighted by Gasteiger charge is 2.13. The average molecular weight is 372 g/mol. The van der Waals surface area contributed by atoms with E-state index in [0.717, 1.165) is 41.7 Å². The molecule has 0 amide bonds. The lowest BCUT2D eigenvalue weighted by Crippen LogP contribution is -2.03. The molecule has 0 N–H and O–H groups in total.